The van der Waals surface area contributed by atoms with E-state index in [1.807, 2.05) is 6.08 Å². The number of esters is 1. The molecule has 0 aromatic carbocycles. The van der Waals surface area contributed by atoms with E-state index in [4.69, 9.17) is 18.9 Å². The fourth-order valence-corrected chi connectivity index (χ4v) is 9.18. The van der Waals surface area contributed by atoms with Crippen LogP contribution in [0.3, 0.4) is 0 Å². The van der Waals surface area contributed by atoms with Crippen molar-refractivity contribution < 1.29 is 38.1 Å². The molecule has 0 N–H and O–H groups in total. The third-order valence-corrected chi connectivity index (χ3v) is 10.8. The fraction of sp³-hybridized carbons (Fsp3) is 0.786. The highest BCUT2D eigenvalue weighted by Gasteiger charge is 2.67. The summed E-state index contributed by atoms with van der Waals surface area (Å²) in [5.74, 6) is 0.869. The molecule has 0 spiro atoms. The Morgan fingerprint density at radius 3 is 2.14 bits per heavy atom. The molecule has 0 aromatic heterocycles. The molecule has 0 aliphatic heterocycles. The van der Waals surface area contributed by atoms with Gasteiger partial charge in [-0.3, -0.25) is 14.4 Å². The Kier molecular flexibility index (Phi) is 7.81. The van der Waals surface area contributed by atoms with E-state index in [0.717, 1.165) is 38.5 Å². The molecule has 0 unspecified atom stereocenters. The van der Waals surface area contributed by atoms with E-state index in [9.17, 15) is 19.2 Å². The van der Waals surface area contributed by atoms with Gasteiger partial charge >= 0.3 is 5.97 Å². The van der Waals surface area contributed by atoms with Crippen molar-refractivity contribution in [1.29, 1.82) is 0 Å². The lowest BCUT2D eigenvalue weighted by molar-refractivity contribution is -0.234. The second-order valence-corrected chi connectivity index (χ2v) is 11.9. The molecule has 4 saturated carbocycles. The van der Waals surface area contributed by atoms with E-state index >= 15 is 0 Å². The zero-order valence-electron chi connectivity index (χ0n) is 21.8. The summed E-state index contributed by atoms with van der Waals surface area (Å²) >= 11 is 0. The van der Waals surface area contributed by atoms with Gasteiger partial charge in [-0.1, -0.05) is 26.8 Å². The Balaban J connectivity index is 1.68. The molecule has 0 bridgehead atoms. The minimum absolute atomic E-state index is 0.0122. The molecule has 8 nitrogen and oxygen atoms in total. The van der Waals surface area contributed by atoms with Crippen LogP contribution in [0, 0.1) is 46.3 Å². The third kappa shape index (κ3) is 4.34. The normalized spacial score (nSPS) is 44.3. The average molecular weight is 505 g/mol. The van der Waals surface area contributed by atoms with Gasteiger partial charge in [0.15, 0.2) is 0 Å². The Morgan fingerprint density at radius 1 is 0.833 bits per heavy atom. The van der Waals surface area contributed by atoms with Gasteiger partial charge in [-0.05, 0) is 79.4 Å². The van der Waals surface area contributed by atoms with E-state index < -0.39 is 12.2 Å². The monoisotopic (exact) mass is 504 g/mol. The van der Waals surface area contributed by atoms with Gasteiger partial charge < -0.3 is 18.9 Å². The number of hydrogen-bond acceptors (Lipinski definition) is 8. The molecule has 4 fully saturated rings. The van der Waals surface area contributed by atoms with Crippen molar-refractivity contribution in [2.75, 3.05) is 7.11 Å². The maximum Gasteiger partial charge on any atom is 0.330 e. The van der Waals surface area contributed by atoms with Crippen LogP contribution < -0.4 is 0 Å². The topological polar surface area (TPSA) is 105 Å². The average Bonchev–Trinajstić information content (AvgIpc) is 3.22. The van der Waals surface area contributed by atoms with Crippen molar-refractivity contribution in [3.63, 3.8) is 0 Å². The molecule has 0 amide bonds. The van der Waals surface area contributed by atoms with Crippen LogP contribution in [0.2, 0.25) is 0 Å². The van der Waals surface area contributed by atoms with Crippen molar-refractivity contribution in [3.8, 4) is 0 Å². The molecule has 36 heavy (non-hydrogen) atoms. The van der Waals surface area contributed by atoms with Crippen molar-refractivity contribution in [2.45, 2.75) is 84.0 Å². The van der Waals surface area contributed by atoms with Crippen LogP contribution in [0.15, 0.2) is 12.2 Å². The SMILES string of the molecule is COC(=O)/C=C/[C@@H](C)[C@H]1CC[C@H]2[C@@H]3[C@H](OC=O)[C@@H](OC=O)[C@@H]4C[C@H](OC=O)CC[C@]4(C)[C@H]3CC[C@]12C. The van der Waals surface area contributed by atoms with Gasteiger partial charge in [0.25, 0.3) is 19.4 Å². The van der Waals surface area contributed by atoms with Gasteiger partial charge in [0.05, 0.1) is 7.11 Å². The smallest absolute Gasteiger partial charge is 0.330 e. The van der Waals surface area contributed by atoms with Crippen LogP contribution in [-0.4, -0.2) is 50.8 Å². The fourth-order valence-electron chi connectivity index (χ4n) is 9.18. The number of rotatable bonds is 9. The number of hydrogen-bond donors (Lipinski definition) is 0. The Morgan fingerprint density at radius 2 is 1.47 bits per heavy atom. The first kappa shape index (κ1) is 26.7. The van der Waals surface area contributed by atoms with Crippen LogP contribution in [-0.2, 0) is 38.1 Å². The highest BCUT2D eigenvalue weighted by Crippen LogP contribution is 2.69. The number of carbonyl (C=O) groups excluding carboxylic acids is 4. The summed E-state index contributed by atoms with van der Waals surface area (Å²) in [4.78, 5) is 46.1. The summed E-state index contributed by atoms with van der Waals surface area (Å²) in [6, 6.07) is 0. The first-order valence-corrected chi connectivity index (χ1v) is 13.3. The maximum atomic E-state index is 11.7. The predicted octanol–water partition coefficient (Wildman–Crippen LogP) is 3.86. The molecule has 0 aromatic rings. The molecule has 4 aliphatic rings. The highest BCUT2D eigenvalue weighted by atomic mass is 16.6. The zero-order valence-corrected chi connectivity index (χ0v) is 21.8. The molecule has 4 rings (SSSR count). The van der Waals surface area contributed by atoms with E-state index in [0.29, 0.717) is 43.6 Å². The summed E-state index contributed by atoms with van der Waals surface area (Å²) in [6.45, 7) is 8.26. The lowest BCUT2D eigenvalue weighted by atomic mass is 9.43. The van der Waals surface area contributed by atoms with Crippen LogP contribution >= 0.6 is 0 Å². The number of fused-ring (bicyclic) bond motifs is 5. The Labute approximate surface area is 213 Å². The number of methoxy groups -OCH3 is 1. The van der Waals surface area contributed by atoms with E-state index in [2.05, 4.69) is 20.8 Å². The van der Waals surface area contributed by atoms with Gasteiger partial charge in [-0.15, -0.1) is 0 Å². The van der Waals surface area contributed by atoms with E-state index in [-0.39, 0.29) is 40.7 Å². The first-order chi connectivity index (χ1) is 17.2. The van der Waals surface area contributed by atoms with Crippen LogP contribution in [0.5, 0.6) is 0 Å². The Hall–Kier alpha value is -2.38. The quantitative estimate of drug-likeness (QED) is 0.202. The van der Waals surface area contributed by atoms with Crippen molar-refractivity contribution in [3.05, 3.63) is 12.2 Å². The molecule has 0 saturated heterocycles. The molecule has 4 aliphatic carbocycles. The summed E-state index contributed by atoms with van der Waals surface area (Å²) in [7, 11) is 1.38. The standard InChI is InChI=1S/C28H40O8/c1-17(5-8-23(32)33-4)19-6-7-20-24-21(10-12-27(19,20)2)28(3)11-9-18(34-14-29)13-22(28)25(35-15-30)26(24)36-16-31/h5,8,14-22,24-26H,6-7,9-13H2,1-4H3/b8-5+/t17-,18-,19-,20+,21+,22+,24+,25+,26+,27-,28-/m1/s1. The van der Waals surface area contributed by atoms with E-state index in [1.54, 1.807) is 0 Å². The van der Waals surface area contributed by atoms with Gasteiger partial charge in [0.1, 0.15) is 18.3 Å². The lowest BCUT2D eigenvalue weighted by Gasteiger charge is -2.64. The van der Waals surface area contributed by atoms with Gasteiger partial charge in [0, 0.05) is 17.9 Å². The second-order valence-electron chi connectivity index (χ2n) is 11.9. The van der Waals surface area contributed by atoms with Crippen LogP contribution in [0.1, 0.15) is 65.7 Å². The maximum absolute atomic E-state index is 11.7. The number of carbonyl (C=O) groups is 4. The predicted molar refractivity (Wildman–Crippen MR) is 129 cm³/mol. The van der Waals surface area contributed by atoms with Crippen molar-refractivity contribution in [1.82, 2.24) is 0 Å². The Bertz CT molecular complexity index is 872. The summed E-state index contributed by atoms with van der Waals surface area (Å²) in [5, 5.41) is 0. The minimum atomic E-state index is -0.574. The first-order valence-electron chi connectivity index (χ1n) is 13.3. The molecule has 11 atom stereocenters. The van der Waals surface area contributed by atoms with Crippen molar-refractivity contribution in [2.24, 2.45) is 46.3 Å². The summed E-state index contributed by atoms with van der Waals surface area (Å²) in [5.41, 5.74) is -0.0993. The minimum Gasteiger partial charge on any atom is -0.466 e. The van der Waals surface area contributed by atoms with Crippen LogP contribution in [0.25, 0.3) is 0 Å². The summed E-state index contributed by atoms with van der Waals surface area (Å²) in [6.07, 6.45) is 8.48. The van der Waals surface area contributed by atoms with Crippen molar-refractivity contribution >= 4 is 25.4 Å². The molecule has 0 heterocycles. The molecular weight excluding hydrogens is 464 g/mol. The van der Waals surface area contributed by atoms with Crippen LogP contribution in [0.4, 0.5) is 0 Å². The highest BCUT2D eigenvalue weighted by molar-refractivity contribution is 5.81. The number of allylic oxidation sites excluding steroid dienone is 1. The molecular formula is C28H40O8. The largest absolute Gasteiger partial charge is 0.466 e. The molecule has 200 valence electrons. The molecule has 8 heteroatoms. The second kappa shape index (κ2) is 10.5. The van der Waals surface area contributed by atoms with E-state index in [1.165, 1.54) is 13.2 Å². The summed E-state index contributed by atoms with van der Waals surface area (Å²) < 4.78 is 21.6. The lowest BCUT2D eigenvalue weighted by Crippen LogP contribution is -2.65. The van der Waals surface area contributed by atoms with Gasteiger partial charge in [-0.25, -0.2) is 4.79 Å². The number of ether oxygens (including phenoxy) is 4. The zero-order chi connectivity index (χ0) is 26.1. The van der Waals surface area contributed by atoms with Gasteiger partial charge in [0.2, 0.25) is 0 Å². The molecule has 0 radical (unpaired) electrons. The van der Waals surface area contributed by atoms with Gasteiger partial charge in [-0.2, -0.15) is 0 Å². The third-order valence-electron chi connectivity index (χ3n) is 10.8.